The molecule has 2 heteroatoms. The lowest BCUT2D eigenvalue weighted by Crippen LogP contribution is -2.39. The lowest BCUT2D eigenvalue weighted by Gasteiger charge is -2.32. The molecule has 2 nitrogen and oxygen atoms in total. The fraction of sp³-hybridized carbons (Fsp3) is 0.600. The van der Waals surface area contributed by atoms with Crippen molar-refractivity contribution in [1.29, 1.82) is 0 Å². The van der Waals surface area contributed by atoms with Crippen molar-refractivity contribution in [3.63, 3.8) is 0 Å². The van der Waals surface area contributed by atoms with Crippen molar-refractivity contribution >= 4 is 5.69 Å². The monoisotopic (exact) mass is 232 g/mol. The Morgan fingerprint density at radius 3 is 2.41 bits per heavy atom. The van der Waals surface area contributed by atoms with Gasteiger partial charge in [0.2, 0.25) is 0 Å². The van der Waals surface area contributed by atoms with Gasteiger partial charge in [0, 0.05) is 24.8 Å². The zero-order valence-electron chi connectivity index (χ0n) is 10.9. The van der Waals surface area contributed by atoms with E-state index in [1.54, 1.807) is 0 Å². The molecule has 1 aromatic rings. The van der Waals surface area contributed by atoms with E-state index < -0.39 is 0 Å². The Hall–Kier alpha value is -1.02. The molecular weight excluding hydrogens is 208 g/mol. The average molecular weight is 232 g/mol. The molecule has 0 spiro atoms. The number of anilines is 1. The minimum atomic E-state index is 0.412. The second kappa shape index (κ2) is 6.06. The van der Waals surface area contributed by atoms with E-state index in [-0.39, 0.29) is 0 Å². The Morgan fingerprint density at radius 2 is 1.82 bits per heavy atom. The summed E-state index contributed by atoms with van der Waals surface area (Å²) in [6.45, 7) is 4.45. The summed E-state index contributed by atoms with van der Waals surface area (Å²) in [5, 5.41) is 0. The number of nitrogens with two attached hydrogens (primary N) is 1. The Morgan fingerprint density at radius 1 is 1.18 bits per heavy atom. The number of aryl methyl sites for hydroxylation is 1. The summed E-state index contributed by atoms with van der Waals surface area (Å²) in [5.74, 6) is 0. The van der Waals surface area contributed by atoms with Gasteiger partial charge in [-0.25, -0.2) is 0 Å². The molecule has 0 radical (unpaired) electrons. The molecular formula is C15H24N2. The van der Waals surface area contributed by atoms with Crippen LogP contribution in [0.2, 0.25) is 0 Å². The van der Waals surface area contributed by atoms with Gasteiger partial charge in [0.05, 0.1) is 0 Å². The number of hydrogen-bond donors (Lipinski definition) is 1. The molecule has 1 fully saturated rings. The van der Waals surface area contributed by atoms with Gasteiger partial charge in [-0.05, 0) is 43.4 Å². The molecule has 1 saturated heterocycles. The summed E-state index contributed by atoms with van der Waals surface area (Å²) < 4.78 is 0. The first kappa shape index (κ1) is 12.4. The van der Waals surface area contributed by atoms with Crippen LogP contribution in [0.3, 0.4) is 0 Å². The first-order valence-electron chi connectivity index (χ1n) is 6.89. The predicted molar refractivity (Wildman–Crippen MR) is 74.5 cm³/mol. The van der Waals surface area contributed by atoms with E-state index >= 15 is 0 Å². The largest absolute Gasteiger partial charge is 0.371 e. The molecule has 17 heavy (non-hydrogen) atoms. The van der Waals surface area contributed by atoms with Crippen LogP contribution in [-0.2, 0) is 6.42 Å². The van der Waals surface area contributed by atoms with Crippen LogP contribution in [0.5, 0.6) is 0 Å². The van der Waals surface area contributed by atoms with Gasteiger partial charge in [0.25, 0.3) is 0 Å². The number of nitrogens with zero attached hydrogens (tertiary/aromatic N) is 1. The van der Waals surface area contributed by atoms with Gasteiger partial charge in [-0.3, -0.25) is 0 Å². The molecule has 1 aromatic carbocycles. The minimum Gasteiger partial charge on any atom is -0.371 e. The van der Waals surface area contributed by atoms with Crippen molar-refractivity contribution in [2.75, 3.05) is 18.0 Å². The van der Waals surface area contributed by atoms with E-state index in [0.717, 1.165) is 25.9 Å². The van der Waals surface area contributed by atoms with Gasteiger partial charge in [0.1, 0.15) is 0 Å². The summed E-state index contributed by atoms with van der Waals surface area (Å²) in [4.78, 5) is 2.45. The van der Waals surface area contributed by atoms with Crippen LogP contribution in [-0.4, -0.2) is 19.1 Å². The number of unbranched alkanes of at least 4 members (excludes halogenated alkanes) is 1. The fourth-order valence-electron chi connectivity index (χ4n) is 2.41. The molecule has 94 valence electrons. The van der Waals surface area contributed by atoms with Crippen LogP contribution in [0.4, 0.5) is 5.69 Å². The maximum Gasteiger partial charge on any atom is 0.0366 e. The Bertz CT molecular complexity index is 323. The van der Waals surface area contributed by atoms with Gasteiger partial charge >= 0.3 is 0 Å². The molecule has 2 N–H and O–H groups in total. The van der Waals surface area contributed by atoms with E-state index in [9.17, 15) is 0 Å². The molecule has 1 heterocycles. The van der Waals surface area contributed by atoms with Crippen molar-refractivity contribution < 1.29 is 0 Å². The topological polar surface area (TPSA) is 29.3 Å². The number of benzene rings is 1. The van der Waals surface area contributed by atoms with Crippen LogP contribution in [0.1, 0.15) is 38.2 Å². The molecule has 0 atom stereocenters. The average Bonchev–Trinajstić information content (AvgIpc) is 2.38. The maximum atomic E-state index is 5.93. The van der Waals surface area contributed by atoms with E-state index in [1.165, 1.54) is 30.5 Å². The van der Waals surface area contributed by atoms with E-state index in [1.807, 2.05) is 0 Å². The molecule has 1 aliphatic rings. The summed E-state index contributed by atoms with van der Waals surface area (Å²) >= 11 is 0. The highest BCUT2D eigenvalue weighted by atomic mass is 15.1. The summed E-state index contributed by atoms with van der Waals surface area (Å²) in [6, 6.07) is 9.50. The van der Waals surface area contributed by atoms with Gasteiger partial charge < -0.3 is 10.6 Å². The SMILES string of the molecule is CCCCc1ccc(N2CCC(N)CC2)cc1. The maximum absolute atomic E-state index is 5.93. The second-order valence-electron chi connectivity index (χ2n) is 5.09. The summed E-state index contributed by atoms with van der Waals surface area (Å²) in [5.41, 5.74) is 8.75. The minimum absolute atomic E-state index is 0.412. The van der Waals surface area contributed by atoms with Crippen LogP contribution in [0.25, 0.3) is 0 Å². The molecule has 0 amide bonds. The smallest absolute Gasteiger partial charge is 0.0366 e. The highest BCUT2D eigenvalue weighted by Crippen LogP contribution is 2.20. The van der Waals surface area contributed by atoms with Crippen molar-refractivity contribution in [2.45, 2.75) is 45.1 Å². The molecule has 2 rings (SSSR count). The molecule has 0 unspecified atom stereocenters. The Kier molecular flexibility index (Phi) is 4.43. The highest BCUT2D eigenvalue weighted by molar-refractivity contribution is 5.48. The van der Waals surface area contributed by atoms with Crippen molar-refractivity contribution in [1.82, 2.24) is 0 Å². The summed E-state index contributed by atoms with van der Waals surface area (Å²) in [7, 11) is 0. The standard InChI is InChI=1S/C15H24N2/c1-2-3-4-13-5-7-15(8-6-13)17-11-9-14(16)10-12-17/h5-8,14H,2-4,9-12,16H2,1H3. The van der Waals surface area contributed by atoms with Gasteiger partial charge in [-0.1, -0.05) is 25.5 Å². The molecule has 0 aromatic heterocycles. The second-order valence-corrected chi connectivity index (χ2v) is 5.09. The third-order valence-electron chi connectivity index (χ3n) is 3.66. The van der Waals surface area contributed by atoms with E-state index in [0.29, 0.717) is 6.04 Å². The van der Waals surface area contributed by atoms with Gasteiger partial charge in [-0.2, -0.15) is 0 Å². The van der Waals surface area contributed by atoms with Gasteiger partial charge in [0.15, 0.2) is 0 Å². The Labute approximate surface area is 105 Å². The Balaban J connectivity index is 1.93. The lowest BCUT2D eigenvalue weighted by atomic mass is 10.0. The van der Waals surface area contributed by atoms with Crippen LogP contribution in [0.15, 0.2) is 24.3 Å². The van der Waals surface area contributed by atoms with E-state index in [4.69, 9.17) is 5.73 Å². The van der Waals surface area contributed by atoms with Crippen molar-refractivity contribution in [3.05, 3.63) is 29.8 Å². The number of piperidine rings is 1. The normalized spacial score (nSPS) is 17.4. The quantitative estimate of drug-likeness (QED) is 0.865. The lowest BCUT2D eigenvalue weighted by molar-refractivity contribution is 0.501. The fourth-order valence-corrected chi connectivity index (χ4v) is 2.41. The zero-order chi connectivity index (χ0) is 12.1. The molecule has 0 saturated carbocycles. The van der Waals surface area contributed by atoms with Gasteiger partial charge in [-0.15, -0.1) is 0 Å². The number of rotatable bonds is 4. The molecule has 1 aliphatic heterocycles. The van der Waals surface area contributed by atoms with Crippen molar-refractivity contribution in [3.8, 4) is 0 Å². The van der Waals surface area contributed by atoms with Crippen LogP contribution < -0.4 is 10.6 Å². The highest BCUT2D eigenvalue weighted by Gasteiger charge is 2.15. The van der Waals surface area contributed by atoms with E-state index in [2.05, 4.69) is 36.1 Å². The third-order valence-corrected chi connectivity index (χ3v) is 3.66. The van der Waals surface area contributed by atoms with Crippen molar-refractivity contribution in [2.24, 2.45) is 5.73 Å². The molecule has 0 aliphatic carbocycles. The third kappa shape index (κ3) is 3.47. The number of hydrogen-bond acceptors (Lipinski definition) is 2. The first-order chi connectivity index (χ1) is 8.29. The van der Waals surface area contributed by atoms with Crippen LogP contribution in [0, 0.1) is 0 Å². The predicted octanol–water partition coefficient (Wildman–Crippen LogP) is 2.96. The van der Waals surface area contributed by atoms with Crippen LogP contribution >= 0.6 is 0 Å². The molecule has 0 bridgehead atoms. The summed E-state index contributed by atoms with van der Waals surface area (Å²) in [6.07, 6.45) is 6.01. The first-order valence-corrected chi connectivity index (χ1v) is 6.89. The zero-order valence-corrected chi connectivity index (χ0v) is 10.9.